The fourth-order valence-electron chi connectivity index (χ4n) is 3.04. The third kappa shape index (κ3) is 3.29. The summed E-state index contributed by atoms with van der Waals surface area (Å²) in [6.45, 7) is 2.42. The van der Waals surface area contributed by atoms with Crippen LogP contribution < -0.4 is 4.90 Å². The number of benzene rings is 1. The van der Waals surface area contributed by atoms with E-state index < -0.39 is 17.2 Å². The summed E-state index contributed by atoms with van der Waals surface area (Å²) in [4.78, 5) is 13.4. The molecule has 5 heteroatoms. The number of carbonyl (C=O) groups is 1. The summed E-state index contributed by atoms with van der Waals surface area (Å²) in [5.74, 6) is -1.20. The monoisotopic (exact) mass is 315 g/mol. The Hall–Kier alpha value is -0.736. The van der Waals surface area contributed by atoms with E-state index in [1.165, 1.54) is 12.1 Å². The number of rotatable bonds is 4. The second kappa shape index (κ2) is 7.32. The topological polar surface area (TPSA) is 20.3 Å². The van der Waals surface area contributed by atoms with Gasteiger partial charge in [-0.25, -0.2) is 8.78 Å². The molecule has 0 heterocycles. The second-order valence-electron chi connectivity index (χ2n) is 5.12. The average molecular weight is 315 g/mol. The van der Waals surface area contributed by atoms with Gasteiger partial charge >= 0.3 is 0 Å². The molecule has 0 spiro atoms. The predicted octanol–water partition coefficient (Wildman–Crippen LogP) is 3.69. The van der Waals surface area contributed by atoms with Crippen molar-refractivity contribution in [1.29, 1.82) is 0 Å². The molecule has 1 saturated carbocycles. The van der Waals surface area contributed by atoms with Crippen LogP contribution in [-0.4, -0.2) is 18.4 Å². The molecule has 1 aromatic carbocycles. The Balaban J connectivity index is 0.00000200. The minimum atomic E-state index is -0.633. The smallest absolute Gasteiger partial charge is 0.149 e. The molecule has 1 aliphatic rings. The number of hydrogen-bond acceptors (Lipinski definition) is 2. The van der Waals surface area contributed by atoms with Gasteiger partial charge in [0.25, 0.3) is 0 Å². The van der Waals surface area contributed by atoms with Crippen LogP contribution in [0.5, 0.6) is 0 Å². The first-order valence-corrected chi connectivity index (χ1v) is 6.82. The van der Waals surface area contributed by atoms with Crippen molar-refractivity contribution in [3.8, 4) is 0 Å². The molecule has 2 nitrogen and oxygen atoms in total. The number of aldehydes is 1. The van der Waals surface area contributed by atoms with E-state index in [1.807, 2.05) is 6.92 Å². The minimum absolute atomic E-state index is 0. The largest absolute Gasteiger partial charge is 0.357 e. The molecule has 1 aromatic rings. The summed E-state index contributed by atoms with van der Waals surface area (Å²) in [6.07, 6.45) is 5.47. The number of carbonyl (C=O) groups excluding carboxylic acids is 1. The van der Waals surface area contributed by atoms with E-state index in [0.717, 1.165) is 44.5 Å². The normalized spacial score (nSPS) is 17.1. The van der Waals surface area contributed by atoms with Crippen LogP contribution in [0.3, 0.4) is 0 Å². The van der Waals surface area contributed by atoms with Crippen molar-refractivity contribution < 1.29 is 35.3 Å². The molecule has 1 aliphatic carbocycles. The van der Waals surface area contributed by atoms with Crippen molar-refractivity contribution in [2.45, 2.75) is 44.6 Å². The molecule has 0 bridgehead atoms. The summed E-state index contributed by atoms with van der Waals surface area (Å²) in [6, 6.07) is 3.54. The van der Waals surface area contributed by atoms with Crippen molar-refractivity contribution in [1.82, 2.24) is 0 Å². The van der Waals surface area contributed by atoms with Crippen LogP contribution in [0.25, 0.3) is 0 Å². The zero-order valence-corrected chi connectivity index (χ0v) is 13.2. The van der Waals surface area contributed by atoms with Crippen LogP contribution >= 0.6 is 0 Å². The van der Waals surface area contributed by atoms with Crippen LogP contribution in [0.1, 0.15) is 39.0 Å². The fraction of sp³-hybridized carbons (Fsp3) is 0.533. The van der Waals surface area contributed by atoms with E-state index in [4.69, 9.17) is 0 Å². The van der Waals surface area contributed by atoms with Crippen LogP contribution in [0.15, 0.2) is 18.2 Å². The third-order valence-corrected chi connectivity index (χ3v) is 3.99. The van der Waals surface area contributed by atoms with Gasteiger partial charge in [0.05, 0.1) is 11.2 Å². The van der Waals surface area contributed by atoms with Crippen LogP contribution in [0, 0.1) is 11.6 Å². The summed E-state index contributed by atoms with van der Waals surface area (Å²) >= 11 is 0. The van der Waals surface area contributed by atoms with E-state index in [-0.39, 0.29) is 21.7 Å². The summed E-state index contributed by atoms with van der Waals surface area (Å²) < 4.78 is 27.0. The molecule has 0 atom stereocenters. The van der Waals surface area contributed by atoms with Gasteiger partial charge in [0.15, 0.2) is 0 Å². The van der Waals surface area contributed by atoms with Crippen molar-refractivity contribution in [2.75, 3.05) is 11.4 Å². The maximum atomic E-state index is 14.0. The fourth-order valence-corrected chi connectivity index (χ4v) is 3.04. The molecule has 0 amide bonds. The molecule has 0 N–H and O–H groups in total. The molecule has 0 aromatic heterocycles. The van der Waals surface area contributed by atoms with Gasteiger partial charge in [0.2, 0.25) is 0 Å². The minimum Gasteiger partial charge on any atom is -0.357 e. The van der Waals surface area contributed by atoms with Crippen LogP contribution in [-0.2, 0) is 26.5 Å². The Morgan fingerprint density at radius 1 is 1.25 bits per heavy atom. The molecule has 108 valence electrons. The van der Waals surface area contributed by atoms with Crippen LogP contribution in [0.2, 0.25) is 0 Å². The molecule has 0 saturated heterocycles. The number of nitrogens with zero attached hydrogens (tertiary/aromatic N) is 1. The Morgan fingerprint density at radius 2 is 1.90 bits per heavy atom. The molecule has 0 aliphatic heterocycles. The number of halogens is 2. The van der Waals surface area contributed by atoms with Crippen molar-refractivity contribution >= 4 is 12.0 Å². The summed E-state index contributed by atoms with van der Waals surface area (Å²) in [5, 5.41) is 0. The summed E-state index contributed by atoms with van der Waals surface area (Å²) in [5.41, 5.74) is -0.316. The van der Waals surface area contributed by atoms with E-state index in [2.05, 4.69) is 0 Å². The van der Waals surface area contributed by atoms with Gasteiger partial charge in [-0.1, -0.05) is 19.3 Å². The zero-order chi connectivity index (χ0) is 13.9. The first-order chi connectivity index (χ1) is 9.13. The molecule has 20 heavy (non-hydrogen) atoms. The third-order valence-electron chi connectivity index (χ3n) is 3.99. The van der Waals surface area contributed by atoms with Crippen LogP contribution in [0.4, 0.5) is 14.5 Å². The number of hydrogen-bond donors (Lipinski definition) is 0. The van der Waals surface area contributed by atoms with Crippen molar-refractivity contribution in [3.05, 3.63) is 29.8 Å². The van der Waals surface area contributed by atoms with E-state index in [0.29, 0.717) is 12.2 Å². The molecule has 2 rings (SSSR count). The van der Waals surface area contributed by atoms with E-state index in [9.17, 15) is 13.6 Å². The average Bonchev–Trinajstić information content (AvgIpc) is 2.43. The SMILES string of the molecule is CCN(c1ccc(F)cc1F)C1(C=O)CCCCC1.[Ti]. The standard InChI is InChI=1S/C15H19F2NO.Ti/c1-2-18(14-7-6-12(16)10-13(14)17)15(11-19)8-4-3-5-9-15;/h6-7,10-11H,2-5,8-9H2,1H3;. The van der Waals surface area contributed by atoms with Gasteiger partial charge in [0, 0.05) is 34.3 Å². The summed E-state index contributed by atoms with van der Waals surface area (Å²) in [7, 11) is 0. The maximum Gasteiger partial charge on any atom is 0.149 e. The van der Waals surface area contributed by atoms with Gasteiger partial charge in [-0.15, -0.1) is 0 Å². The zero-order valence-electron chi connectivity index (χ0n) is 11.7. The maximum absolute atomic E-state index is 14.0. The quantitative estimate of drug-likeness (QED) is 0.624. The van der Waals surface area contributed by atoms with Gasteiger partial charge in [0.1, 0.15) is 17.9 Å². The van der Waals surface area contributed by atoms with Crippen molar-refractivity contribution in [3.63, 3.8) is 0 Å². The van der Waals surface area contributed by atoms with Gasteiger partial charge in [-0.05, 0) is 31.9 Å². The van der Waals surface area contributed by atoms with Gasteiger partial charge in [-0.3, -0.25) is 0 Å². The number of anilines is 1. The molecule has 1 fully saturated rings. The molecule has 0 unspecified atom stereocenters. The van der Waals surface area contributed by atoms with E-state index in [1.54, 1.807) is 4.90 Å². The molecular formula is C15H19F2NOTi. The Kier molecular flexibility index (Phi) is 6.34. The second-order valence-corrected chi connectivity index (χ2v) is 5.12. The van der Waals surface area contributed by atoms with Crippen molar-refractivity contribution in [2.24, 2.45) is 0 Å². The van der Waals surface area contributed by atoms with Gasteiger partial charge in [-0.2, -0.15) is 0 Å². The predicted molar refractivity (Wildman–Crippen MR) is 71.3 cm³/mol. The first-order valence-electron chi connectivity index (χ1n) is 6.82. The molecule has 0 radical (unpaired) electrons. The molecular weight excluding hydrogens is 296 g/mol. The number of likely N-dealkylation sites (N-methyl/N-ethyl adjacent to an activating group) is 1. The Labute approximate surface area is 133 Å². The Bertz CT molecular complexity index is 461. The van der Waals surface area contributed by atoms with E-state index >= 15 is 0 Å². The Morgan fingerprint density at radius 3 is 2.40 bits per heavy atom. The van der Waals surface area contributed by atoms with Gasteiger partial charge < -0.3 is 9.69 Å². The first kappa shape index (κ1) is 17.3.